The van der Waals surface area contributed by atoms with Crippen molar-refractivity contribution in [2.24, 2.45) is 0 Å². The molecule has 1 fully saturated rings. The molecule has 1 N–H and O–H groups in total. The Morgan fingerprint density at radius 2 is 2.12 bits per heavy atom. The molecule has 6 nitrogen and oxygen atoms in total. The maximum absolute atomic E-state index is 12.5. The van der Waals surface area contributed by atoms with Crippen LogP contribution in [0.4, 0.5) is 0 Å². The highest BCUT2D eigenvalue weighted by Gasteiger charge is 2.32. The summed E-state index contributed by atoms with van der Waals surface area (Å²) >= 11 is 6.42. The summed E-state index contributed by atoms with van der Waals surface area (Å²) in [6.07, 6.45) is 2.06. The van der Waals surface area contributed by atoms with E-state index in [0.717, 1.165) is 0 Å². The van der Waals surface area contributed by atoms with E-state index in [0.29, 0.717) is 39.3 Å². The van der Waals surface area contributed by atoms with Crippen LogP contribution in [0.15, 0.2) is 23.1 Å². The third-order valence-electron chi connectivity index (χ3n) is 3.37. The second-order valence-electron chi connectivity index (χ2n) is 4.91. The number of amides is 1. The Kier molecular flexibility index (Phi) is 6.22. The van der Waals surface area contributed by atoms with Crippen LogP contribution in [0.1, 0.15) is 18.4 Å². The molecular formula is C16H17NO5S2. The monoisotopic (exact) mass is 367 g/mol. The summed E-state index contributed by atoms with van der Waals surface area (Å²) < 4.78 is 11.0. The molecular weight excluding hydrogens is 350 g/mol. The van der Waals surface area contributed by atoms with Gasteiger partial charge in [0.1, 0.15) is 4.32 Å². The molecule has 0 saturated carbocycles. The van der Waals surface area contributed by atoms with Crippen LogP contribution in [0.5, 0.6) is 11.5 Å². The minimum Gasteiger partial charge on any atom is -0.493 e. The number of carboxylic acids is 1. The Morgan fingerprint density at radius 1 is 1.38 bits per heavy atom. The number of carboxylic acid groups (broad SMARTS) is 1. The number of nitrogens with zero attached hydrogens (tertiary/aromatic N) is 1. The quantitative estimate of drug-likeness (QED) is 0.586. The molecule has 0 spiro atoms. The third-order valence-corrected chi connectivity index (χ3v) is 4.74. The largest absolute Gasteiger partial charge is 0.493 e. The number of methoxy groups -OCH3 is 2. The normalized spacial score (nSPS) is 15.9. The van der Waals surface area contributed by atoms with E-state index < -0.39 is 5.97 Å². The first kappa shape index (κ1) is 18.3. The molecule has 0 atom stereocenters. The molecule has 1 aromatic carbocycles. The highest BCUT2D eigenvalue weighted by atomic mass is 32.2. The first-order chi connectivity index (χ1) is 11.5. The number of carbonyl (C=O) groups excluding carboxylic acids is 1. The zero-order valence-corrected chi connectivity index (χ0v) is 14.9. The number of thioether (sulfide) groups is 1. The van der Waals surface area contributed by atoms with Crippen molar-refractivity contribution in [3.8, 4) is 11.5 Å². The average Bonchev–Trinajstić information content (AvgIpc) is 2.81. The minimum atomic E-state index is -0.892. The molecule has 1 amide bonds. The van der Waals surface area contributed by atoms with Gasteiger partial charge in [-0.1, -0.05) is 36.1 Å². The van der Waals surface area contributed by atoms with Crippen LogP contribution in [-0.2, 0) is 9.59 Å². The molecule has 0 radical (unpaired) electrons. The van der Waals surface area contributed by atoms with Gasteiger partial charge in [-0.15, -0.1) is 0 Å². The van der Waals surface area contributed by atoms with Crippen molar-refractivity contribution in [1.82, 2.24) is 4.90 Å². The van der Waals surface area contributed by atoms with E-state index in [9.17, 15) is 9.59 Å². The van der Waals surface area contributed by atoms with Crippen LogP contribution in [0.25, 0.3) is 6.08 Å². The van der Waals surface area contributed by atoms with Gasteiger partial charge in [0, 0.05) is 18.5 Å². The van der Waals surface area contributed by atoms with E-state index in [1.165, 1.54) is 23.8 Å². The number of rotatable bonds is 7. The van der Waals surface area contributed by atoms with Crippen molar-refractivity contribution in [3.63, 3.8) is 0 Å². The SMILES string of the molecule is COc1cccc(/C=C2/SC(=S)N(CCCC(=O)O)C2=O)c1OC. The molecule has 128 valence electrons. The molecule has 0 bridgehead atoms. The zero-order chi connectivity index (χ0) is 17.7. The molecule has 2 rings (SSSR count). The lowest BCUT2D eigenvalue weighted by Gasteiger charge is -2.13. The highest BCUT2D eigenvalue weighted by molar-refractivity contribution is 8.26. The van der Waals surface area contributed by atoms with Crippen molar-refractivity contribution >= 4 is 46.3 Å². The van der Waals surface area contributed by atoms with Crippen molar-refractivity contribution in [3.05, 3.63) is 28.7 Å². The number of aliphatic carboxylic acids is 1. The Morgan fingerprint density at radius 3 is 2.75 bits per heavy atom. The summed E-state index contributed by atoms with van der Waals surface area (Å²) in [4.78, 5) is 25.0. The van der Waals surface area contributed by atoms with Crippen molar-refractivity contribution in [2.45, 2.75) is 12.8 Å². The Bertz CT molecular complexity index is 702. The molecule has 1 heterocycles. The number of para-hydroxylation sites is 1. The molecule has 1 aliphatic heterocycles. The predicted molar refractivity (Wildman–Crippen MR) is 96.3 cm³/mol. The topological polar surface area (TPSA) is 76.1 Å². The lowest BCUT2D eigenvalue weighted by atomic mass is 10.1. The number of ether oxygens (including phenoxy) is 2. The Hall–Kier alpha value is -2.06. The maximum Gasteiger partial charge on any atom is 0.303 e. The summed E-state index contributed by atoms with van der Waals surface area (Å²) in [5.41, 5.74) is 0.711. The fourth-order valence-corrected chi connectivity index (χ4v) is 3.55. The number of thiocarbonyl (C=S) groups is 1. The molecule has 1 aliphatic rings. The fourth-order valence-electron chi connectivity index (χ4n) is 2.25. The first-order valence-electron chi connectivity index (χ1n) is 7.16. The number of carbonyl (C=O) groups is 2. The molecule has 0 aromatic heterocycles. The van der Waals surface area contributed by atoms with Gasteiger partial charge in [0.15, 0.2) is 11.5 Å². The van der Waals surface area contributed by atoms with Gasteiger partial charge in [-0.25, -0.2) is 0 Å². The zero-order valence-electron chi connectivity index (χ0n) is 13.3. The number of hydrogen-bond acceptors (Lipinski definition) is 6. The lowest BCUT2D eigenvalue weighted by Crippen LogP contribution is -2.29. The van der Waals surface area contributed by atoms with E-state index in [2.05, 4.69) is 0 Å². The van der Waals surface area contributed by atoms with E-state index >= 15 is 0 Å². The van der Waals surface area contributed by atoms with Crippen LogP contribution in [0.2, 0.25) is 0 Å². The Balaban J connectivity index is 2.21. The Labute approximate surface area is 149 Å². The van der Waals surface area contributed by atoms with Gasteiger partial charge in [-0.2, -0.15) is 0 Å². The molecule has 0 unspecified atom stereocenters. The lowest BCUT2D eigenvalue weighted by molar-refractivity contribution is -0.137. The molecule has 0 aliphatic carbocycles. The summed E-state index contributed by atoms with van der Waals surface area (Å²) in [5, 5.41) is 8.69. The first-order valence-corrected chi connectivity index (χ1v) is 8.38. The molecule has 8 heteroatoms. The molecule has 1 saturated heterocycles. The standard InChI is InChI=1S/C16H17NO5S2/c1-21-11-6-3-5-10(14(11)22-2)9-12-15(20)17(16(23)24-12)8-4-7-13(18)19/h3,5-6,9H,4,7-8H2,1-2H3,(H,18,19)/b12-9+. The predicted octanol–water partition coefficient (Wildman–Crippen LogP) is 2.77. The highest BCUT2D eigenvalue weighted by Crippen LogP contribution is 2.37. The molecule has 1 aromatic rings. The van der Waals surface area contributed by atoms with Gasteiger partial charge in [0.2, 0.25) is 0 Å². The van der Waals surface area contributed by atoms with Crippen LogP contribution < -0.4 is 9.47 Å². The molecule has 24 heavy (non-hydrogen) atoms. The van der Waals surface area contributed by atoms with Crippen LogP contribution >= 0.6 is 24.0 Å². The van der Waals surface area contributed by atoms with Crippen LogP contribution in [0, 0.1) is 0 Å². The van der Waals surface area contributed by atoms with Crippen molar-refractivity contribution < 1.29 is 24.2 Å². The number of hydrogen-bond donors (Lipinski definition) is 1. The summed E-state index contributed by atoms with van der Waals surface area (Å²) in [5.74, 6) is -0.00306. The second-order valence-corrected chi connectivity index (χ2v) is 6.59. The van der Waals surface area contributed by atoms with Gasteiger partial charge in [0.05, 0.1) is 19.1 Å². The van der Waals surface area contributed by atoms with Gasteiger partial charge < -0.3 is 14.6 Å². The van der Waals surface area contributed by atoms with E-state index in [4.69, 9.17) is 26.8 Å². The average molecular weight is 367 g/mol. The van der Waals surface area contributed by atoms with Gasteiger partial charge in [-0.3, -0.25) is 14.5 Å². The van der Waals surface area contributed by atoms with E-state index in [1.54, 1.807) is 25.3 Å². The fraction of sp³-hybridized carbons (Fsp3) is 0.312. The smallest absolute Gasteiger partial charge is 0.303 e. The summed E-state index contributed by atoms with van der Waals surface area (Å²) in [6.45, 7) is 0.295. The van der Waals surface area contributed by atoms with Crippen molar-refractivity contribution in [2.75, 3.05) is 20.8 Å². The van der Waals surface area contributed by atoms with E-state index in [1.807, 2.05) is 6.07 Å². The van der Waals surface area contributed by atoms with Crippen molar-refractivity contribution in [1.29, 1.82) is 0 Å². The maximum atomic E-state index is 12.5. The summed E-state index contributed by atoms with van der Waals surface area (Å²) in [7, 11) is 3.08. The van der Waals surface area contributed by atoms with Crippen LogP contribution in [0.3, 0.4) is 0 Å². The summed E-state index contributed by atoms with van der Waals surface area (Å²) in [6, 6.07) is 5.40. The van der Waals surface area contributed by atoms with Gasteiger partial charge in [0.25, 0.3) is 5.91 Å². The second kappa shape index (κ2) is 8.16. The number of benzene rings is 1. The van der Waals surface area contributed by atoms with Gasteiger partial charge in [-0.05, 0) is 18.6 Å². The van der Waals surface area contributed by atoms with E-state index in [-0.39, 0.29) is 12.3 Å². The minimum absolute atomic E-state index is 0.000184. The third kappa shape index (κ3) is 4.07. The van der Waals surface area contributed by atoms with Gasteiger partial charge >= 0.3 is 5.97 Å². The van der Waals surface area contributed by atoms with Crippen LogP contribution in [-0.4, -0.2) is 47.0 Å².